The Morgan fingerprint density at radius 1 is 0.611 bits per heavy atom. The Kier molecular flexibility index (Phi) is 24.0. The van der Waals surface area contributed by atoms with Crippen molar-refractivity contribution in [2.24, 2.45) is 0 Å². The lowest BCUT2D eigenvalue weighted by Gasteiger charge is -2.25. The Morgan fingerprint density at radius 2 is 0.972 bits per heavy atom. The largest absolute Gasteiger partial charge is 0.463 e. The average Bonchev–Trinajstić information content (AvgIpc) is 2.91. The Labute approximate surface area is 222 Å². The van der Waals surface area contributed by atoms with Crippen LogP contribution < -0.4 is 0 Å². The van der Waals surface area contributed by atoms with Gasteiger partial charge in [0.15, 0.2) is 0 Å². The van der Waals surface area contributed by atoms with E-state index in [2.05, 4.69) is 0 Å². The van der Waals surface area contributed by atoms with Crippen molar-refractivity contribution < 1.29 is 36.4 Å². The van der Waals surface area contributed by atoms with Gasteiger partial charge in [0.25, 0.3) is 0 Å². The molecule has 0 aliphatic carbocycles. The maximum Gasteiger partial charge on any atom is 0.305 e. The number of carbonyl (C=O) groups excluding carboxylic acids is 1. The summed E-state index contributed by atoms with van der Waals surface area (Å²) in [4.78, 5) is 11.8. The average molecular weight is 520 g/mol. The van der Waals surface area contributed by atoms with Crippen molar-refractivity contribution in [3.05, 3.63) is 0 Å². The van der Waals surface area contributed by atoms with E-state index in [0.717, 1.165) is 25.7 Å². The molecule has 0 bridgehead atoms. The molecule has 0 unspecified atom stereocenters. The summed E-state index contributed by atoms with van der Waals surface area (Å²) in [6.45, 7) is -0.632. The lowest BCUT2D eigenvalue weighted by molar-refractivity contribution is -0.156. The molecule has 0 fully saturated rings. The van der Waals surface area contributed by atoms with Crippen molar-refractivity contribution in [3.63, 3.8) is 0 Å². The van der Waals surface area contributed by atoms with Crippen molar-refractivity contribution in [1.82, 2.24) is 0 Å². The zero-order chi connectivity index (χ0) is 27.6. The number of esters is 1. The summed E-state index contributed by atoms with van der Waals surface area (Å²) >= 11 is 0. The number of unbranched alkanes of at least 4 members (excludes halogenated alkanes) is 19. The molecule has 0 aromatic heterocycles. The molecule has 0 aromatic carbocycles. The monoisotopic (exact) mass is 519 g/mol. The van der Waals surface area contributed by atoms with Gasteiger partial charge in [-0.05, 0) is 6.42 Å². The molecule has 0 spiro atoms. The first-order chi connectivity index (χ1) is 17.9. The Bertz CT molecular complexity index is 495. The highest BCUT2D eigenvalue weighted by molar-refractivity contribution is 5.69. The summed E-state index contributed by atoms with van der Waals surface area (Å²) in [7, 11) is 0. The summed E-state index contributed by atoms with van der Waals surface area (Å²) < 4.78 is 12.1. The lowest BCUT2D eigenvalue weighted by atomic mass is 10.0. The highest BCUT2D eigenvalue weighted by atomic mass is 16.5. The molecule has 0 aromatic rings. The molecule has 7 nitrogen and oxygen atoms in total. The van der Waals surface area contributed by atoms with E-state index in [1.807, 2.05) is 0 Å². The van der Waals surface area contributed by atoms with Crippen LogP contribution in [0, 0.1) is 0 Å². The summed E-state index contributed by atoms with van der Waals surface area (Å²) in [5.41, 5.74) is 0. The van der Waals surface area contributed by atoms with Crippen LogP contribution in [0.5, 0.6) is 0 Å². The van der Waals surface area contributed by atoms with Gasteiger partial charge in [0.05, 0.1) is 6.61 Å². The molecule has 216 valence electrons. The van der Waals surface area contributed by atoms with Crippen molar-refractivity contribution >= 4 is 5.97 Å². The third-order valence-electron chi connectivity index (χ3n) is 6.87. The van der Waals surface area contributed by atoms with E-state index in [0.29, 0.717) is 6.90 Å². The fourth-order valence-corrected chi connectivity index (χ4v) is 4.36. The van der Waals surface area contributed by atoms with Crippen LogP contribution in [-0.2, 0) is 9.53 Å². The summed E-state index contributed by atoms with van der Waals surface area (Å²) in [5, 5.41) is 47.0. The van der Waals surface area contributed by atoms with Crippen molar-refractivity contribution in [2.75, 3.05) is 13.2 Å². The molecule has 0 amide bonds. The van der Waals surface area contributed by atoms with Crippen LogP contribution in [0.3, 0.4) is 0 Å². The first kappa shape index (κ1) is 33.3. The summed E-state index contributed by atoms with van der Waals surface area (Å²) in [6, 6.07) is 0. The van der Waals surface area contributed by atoms with E-state index in [9.17, 15) is 25.2 Å². The van der Waals surface area contributed by atoms with Crippen molar-refractivity contribution in [3.8, 4) is 0 Å². The predicted molar refractivity (Wildman–Crippen MR) is 145 cm³/mol. The van der Waals surface area contributed by atoms with E-state index in [-0.39, 0.29) is 6.42 Å². The van der Waals surface area contributed by atoms with E-state index in [1.165, 1.54) is 103 Å². The van der Waals surface area contributed by atoms with Gasteiger partial charge in [-0.25, -0.2) is 0 Å². The van der Waals surface area contributed by atoms with Crippen LogP contribution in [0.4, 0.5) is 0 Å². The normalized spacial score (nSPS) is 15.3. The van der Waals surface area contributed by atoms with E-state index < -0.39 is 43.6 Å². The topological polar surface area (TPSA) is 127 Å². The van der Waals surface area contributed by atoms with Gasteiger partial charge in [0, 0.05) is 7.79 Å². The molecular formula is C29H58O7. The zero-order valence-corrected chi connectivity index (χ0v) is 22.8. The van der Waals surface area contributed by atoms with E-state index >= 15 is 0 Å². The van der Waals surface area contributed by atoms with Crippen LogP contribution in [0.15, 0.2) is 0 Å². The molecular weight excluding hydrogens is 460 g/mol. The van der Waals surface area contributed by atoms with Crippen molar-refractivity contribution in [1.29, 1.82) is 0 Å². The Hall–Kier alpha value is -0.730. The second kappa shape index (κ2) is 25.9. The number of hydrogen-bond acceptors (Lipinski definition) is 7. The van der Waals surface area contributed by atoms with Crippen LogP contribution in [0.25, 0.3) is 0 Å². The van der Waals surface area contributed by atoms with Gasteiger partial charge in [0.1, 0.15) is 31.0 Å². The molecule has 0 aliphatic heterocycles. The lowest BCUT2D eigenvalue weighted by Crippen LogP contribution is -2.47. The first-order valence-electron chi connectivity index (χ1n) is 15.4. The minimum Gasteiger partial charge on any atom is -0.463 e. The van der Waals surface area contributed by atoms with Gasteiger partial charge in [0.2, 0.25) is 0 Å². The quantitative estimate of drug-likeness (QED) is 0.0747. The molecule has 36 heavy (non-hydrogen) atoms. The maximum absolute atomic E-state index is 11.8. The third-order valence-corrected chi connectivity index (χ3v) is 6.87. The number of aliphatic hydroxyl groups excluding tert-OH is 5. The zero-order valence-electron chi connectivity index (χ0n) is 23.8. The molecule has 5 N–H and O–H groups in total. The molecule has 0 saturated heterocycles. The van der Waals surface area contributed by atoms with Gasteiger partial charge in [-0.2, -0.15) is 0 Å². The van der Waals surface area contributed by atoms with E-state index in [4.69, 9.17) is 11.2 Å². The number of ether oxygens (including phenoxy) is 1. The smallest absolute Gasteiger partial charge is 0.305 e. The fourth-order valence-electron chi connectivity index (χ4n) is 4.36. The number of rotatable bonds is 27. The van der Waals surface area contributed by atoms with Gasteiger partial charge >= 0.3 is 5.97 Å². The fraction of sp³-hybridized carbons (Fsp3) is 0.966. The highest BCUT2D eigenvalue weighted by Crippen LogP contribution is 2.15. The Balaban J connectivity index is 3.35. The minimum absolute atomic E-state index is 0.248. The predicted octanol–water partition coefficient (Wildman–Crippen LogP) is 5.18. The van der Waals surface area contributed by atoms with Gasteiger partial charge in [-0.15, -0.1) is 0 Å². The number of aliphatic hydroxyl groups is 5. The highest BCUT2D eigenvalue weighted by Gasteiger charge is 2.30. The summed E-state index contributed by atoms with van der Waals surface area (Å²) in [6.07, 6.45) is 18.8. The van der Waals surface area contributed by atoms with Crippen molar-refractivity contribution in [2.45, 2.75) is 166 Å². The first-order valence-corrected chi connectivity index (χ1v) is 14.7. The number of hydrogen-bond donors (Lipinski definition) is 5. The molecule has 0 rings (SSSR count). The van der Waals surface area contributed by atoms with Crippen LogP contribution >= 0.6 is 0 Å². The van der Waals surface area contributed by atoms with Crippen LogP contribution in [-0.4, -0.2) is 69.1 Å². The van der Waals surface area contributed by atoms with E-state index in [1.54, 1.807) is 0 Å². The molecule has 0 aliphatic rings. The van der Waals surface area contributed by atoms with Crippen LogP contribution in [0.1, 0.15) is 143 Å². The van der Waals surface area contributed by atoms with Gasteiger partial charge in [-0.3, -0.25) is 4.79 Å². The second-order valence-electron chi connectivity index (χ2n) is 10.3. The maximum atomic E-state index is 11.8. The molecule has 4 atom stereocenters. The molecule has 0 radical (unpaired) electrons. The molecule has 0 heterocycles. The number of carbonyl (C=O) groups is 1. The van der Waals surface area contributed by atoms with Gasteiger partial charge < -0.3 is 30.3 Å². The second-order valence-corrected chi connectivity index (χ2v) is 10.3. The third kappa shape index (κ3) is 21.4. The SMILES string of the molecule is [2H]CCCCCCCCCCCCCCCCCCCCCCC(=O)OC[C@@H](O)[C@@H](O)[C@H](O)[C@@H](O)CO. The molecule has 7 heteroatoms. The molecule has 0 saturated carbocycles. The standard InChI is InChI=1S/C29H58O7/c1-2-3-4-5-6-7-8-9-10-11-12-13-14-15-16-17-18-19-20-21-22-27(33)36-24-26(32)29(35)28(34)25(31)23-30/h25-26,28-32,34-35H,2-24H2,1H3/t25-,26+,28+,29+/m0/s1/i1D. The minimum atomic E-state index is -1.72. The summed E-state index contributed by atoms with van der Waals surface area (Å²) in [5.74, 6) is -0.462. The van der Waals surface area contributed by atoms with Gasteiger partial charge in [-0.1, -0.05) is 129 Å². The van der Waals surface area contributed by atoms with Crippen LogP contribution in [0.2, 0.25) is 0 Å². The Morgan fingerprint density at radius 3 is 1.36 bits per heavy atom.